The molecule has 2 aromatic rings. The van der Waals surface area contributed by atoms with Crippen LogP contribution in [0, 0.1) is 0 Å². The van der Waals surface area contributed by atoms with Crippen molar-refractivity contribution in [3.63, 3.8) is 0 Å². The summed E-state index contributed by atoms with van der Waals surface area (Å²) >= 11 is 10.7. The van der Waals surface area contributed by atoms with Crippen molar-refractivity contribution < 1.29 is 0 Å². The van der Waals surface area contributed by atoms with Gasteiger partial charge in [0.25, 0.3) is 0 Å². The lowest BCUT2D eigenvalue weighted by atomic mass is 10.0. The fourth-order valence-electron chi connectivity index (χ4n) is 2.60. The third kappa shape index (κ3) is 4.92. The van der Waals surface area contributed by atoms with Crippen LogP contribution in [0.2, 0.25) is 5.02 Å². The highest BCUT2D eigenvalue weighted by atomic mass is 35.5. The van der Waals surface area contributed by atoms with Gasteiger partial charge in [-0.25, -0.2) is 0 Å². The monoisotopic (exact) mass is 376 g/mol. The first-order valence-corrected chi connectivity index (χ1v) is 9.00. The molecule has 0 spiro atoms. The first-order valence-electron chi connectivity index (χ1n) is 8.10. The summed E-state index contributed by atoms with van der Waals surface area (Å²) in [5, 5.41) is 13.1. The molecule has 1 unspecified atom stereocenters. The zero-order chi connectivity index (χ0) is 17.6. The van der Waals surface area contributed by atoms with Gasteiger partial charge in [-0.15, -0.1) is 12.6 Å². The van der Waals surface area contributed by atoms with E-state index >= 15 is 0 Å². The summed E-state index contributed by atoms with van der Waals surface area (Å²) in [6.45, 7) is 3.97. The van der Waals surface area contributed by atoms with Crippen LogP contribution in [0.15, 0.2) is 47.8 Å². The van der Waals surface area contributed by atoms with E-state index < -0.39 is 0 Å². The lowest BCUT2D eigenvalue weighted by Gasteiger charge is -2.35. The van der Waals surface area contributed by atoms with E-state index in [1.165, 1.54) is 0 Å². The highest BCUT2D eigenvalue weighted by molar-refractivity contribution is 7.80. The molecule has 132 valence electrons. The molecule has 2 heterocycles. The average Bonchev–Trinajstić information content (AvgIpc) is 2.64. The molecule has 25 heavy (non-hydrogen) atoms. The fourth-order valence-corrected chi connectivity index (χ4v) is 3.02. The van der Waals surface area contributed by atoms with Crippen molar-refractivity contribution in [1.29, 1.82) is 0 Å². The van der Waals surface area contributed by atoms with Gasteiger partial charge in [0.2, 0.25) is 0 Å². The van der Waals surface area contributed by atoms with E-state index in [9.17, 15) is 0 Å². The summed E-state index contributed by atoms with van der Waals surface area (Å²) in [4.78, 5) is 4.57. The minimum atomic E-state index is -0.147. The van der Waals surface area contributed by atoms with Gasteiger partial charge in [0.05, 0.1) is 18.1 Å². The smallest absolute Gasteiger partial charge is 0.141 e. The Morgan fingerprint density at radius 1 is 1.12 bits per heavy atom. The molecule has 0 radical (unpaired) electrons. The van der Waals surface area contributed by atoms with Gasteiger partial charge in [-0.3, -0.25) is 10.3 Å². The Hall–Kier alpha value is -1.67. The molecule has 1 aliphatic heterocycles. The molecule has 0 bridgehead atoms. The lowest BCUT2D eigenvalue weighted by molar-refractivity contribution is 0.133. The van der Waals surface area contributed by atoms with Crippen LogP contribution in [0.1, 0.15) is 11.1 Å². The van der Waals surface area contributed by atoms with E-state index in [2.05, 4.69) is 50.2 Å². The molecule has 0 saturated carbocycles. The number of likely N-dealkylation sites (N-methyl/N-ethyl adjacent to an activating group) is 1. The van der Waals surface area contributed by atoms with Crippen molar-refractivity contribution in [1.82, 2.24) is 25.4 Å². The molecule has 6 nitrogen and oxygen atoms in total. The van der Waals surface area contributed by atoms with Crippen molar-refractivity contribution in [3.8, 4) is 0 Å². The van der Waals surface area contributed by atoms with Crippen LogP contribution in [0.3, 0.4) is 0 Å². The van der Waals surface area contributed by atoms with Crippen LogP contribution in [-0.4, -0.2) is 64.4 Å². The van der Waals surface area contributed by atoms with Crippen molar-refractivity contribution in [2.24, 2.45) is 5.10 Å². The molecular weight excluding hydrogens is 356 g/mol. The molecular formula is C17H21ClN6S. The Labute approximate surface area is 158 Å². The normalized spacial score (nSPS) is 18.1. The number of nitrogens with zero attached hydrogens (tertiary/aromatic N) is 5. The van der Waals surface area contributed by atoms with Crippen LogP contribution >= 0.6 is 24.2 Å². The number of hydrogen-bond donors (Lipinski definition) is 2. The number of benzene rings is 1. The number of nitrogens with one attached hydrogen (secondary N) is 1. The van der Waals surface area contributed by atoms with Crippen LogP contribution in [0.4, 0.5) is 0 Å². The Morgan fingerprint density at radius 2 is 1.84 bits per heavy atom. The topological polar surface area (TPSA) is 56.6 Å². The maximum atomic E-state index is 6.00. The molecule has 1 atom stereocenters. The third-order valence-corrected chi connectivity index (χ3v) is 4.84. The predicted molar refractivity (Wildman–Crippen MR) is 104 cm³/mol. The summed E-state index contributed by atoms with van der Waals surface area (Å²) in [5.41, 5.74) is 5.61. The van der Waals surface area contributed by atoms with E-state index in [0.29, 0.717) is 5.02 Å². The Balaban J connectivity index is 1.79. The number of piperazine rings is 1. The maximum Gasteiger partial charge on any atom is 0.141 e. The second-order valence-corrected chi connectivity index (χ2v) is 6.87. The number of halogens is 1. The molecule has 0 aliphatic carbocycles. The van der Waals surface area contributed by atoms with Crippen molar-refractivity contribution in [2.75, 3.05) is 33.2 Å². The van der Waals surface area contributed by atoms with E-state index in [1.807, 2.05) is 30.3 Å². The van der Waals surface area contributed by atoms with Crippen LogP contribution < -0.4 is 5.43 Å². The van der Waals surface area contributed by atoms with Gasteiger partial charge in [-0.05, 0) is 25.2 Å². The maximum absolute atomic E-state index is 6.00. The Bertz CT molecular complexity index is 701. The molecule has 1 aromatic heterocycles. The number of hydrogen-bond acceptors (Lipinski definition) is 7. The summed E-state index contributed by atoms with van der Waals surface area (Å²) in [6.07, 6.45) is 3.35. The SMILES string of the molecule is CN1CCN(C(S)N/N=C(/c2ccc(Cl)cc2)c2ccnnc2)CC1. The van der Waals surface area contributed by atoms with E-state index in [0.717, 1.165) is 43.0 Å². The molecule has 3 rings (SSSR count). The van der Waals surface area contributed by atoms with E-state index in [1.54, 1.807) is 12.4 Å². The highest BCUT2D eigenvalue weighted by Gasteiger charge is 2.19. The first kappa shape index (κ1) is 18.1. The van der Waals surface area contributed by atoms with Crippen molar-refractivity contribution in [3.05, 3.63) is 58.9 Å². The zero-order valence-electron chi connectivity index (χ0n) is 14.0. The largest absolute Gasteiger partial charge is 0.304 e. The minimum Gasteiger partial charge on any atom is -0.304 e. The van der Waals surface area contributed by atoms with Crippen LogP contribution in [0.5, 0.6) is 0 Å². The minimum absolute atomic E-state index is 0.147. The molecule has 1 saturated heterocycles. The van der Waals surface area contributed by atoms with E-state index in [-0.39, 0.29) is 5.50 Å². The first-order chi connectivity index (χ1) is 12.1. The van der Waals surface area contributed by atoms with Crippen LogP contribution in [-0.2, 0) is 0 Å². The Morgan fingerprint density at radius 3 is 2.48 bits per heavy atom. The standard InChI is InChI=1S/C17H21ClN6S/c1-23-8-10-24(11-9-23)17(25)22-21-16(14-6-7-19-20-12-14)13-2-4-15(18)5-3-13/h2-7,12,17,22,25H,8-11H2,1H3/b21-16-. The van der Waals surface area contributed by atoms with E-state index in [4.69, 9.17) is 11.6 Å². The molecule has 1 N–H and O–H groups in total. The number of thiol groups is 1. The average molecular weight is 377 g/mol. The molecule has 1 fully saturated rings. The fraction of sp³-hybridized carbons (Fsp3) is 0.353. The third-order valence-electron chi connectivity index (χ3n) is 4.15. The molecule has 1 aliphatic rings. The number of aromatic nitrogens is 2. The Kier molecular flexibility index (Phi) is 6.25. The summed E-state index contributed by atoms with van der Waals surface area (Å²) in [7, 11) is 2.13. The summed E-state index contributed by atoms with van der Waals surface area (Å²) in [6, 6.07) is 9.45. The molecule has 0 amide bonds. The molecule has 1 aromatic carbocycles. The van der Waals surface area contributed by atoms with Gasteiger partial charge in [-0.1, -0.05) is 23.7 Å². The van der Waals surface area contributed by atoms with Gasteiger partial charge in [0, 0.05) is 42.3 Å². The highest BCUT2D eigenvalue weighted by Crippen LogP contribution is 2.14. The van der Waals surface area contributed by atoms with Crippen molar-refractivity contribution >= 4 is 29.9 Å². The molecule has 8 heteroatoms. The number of rotatable bonds is 5. The predicted octanol–water partition coefficient (Wildman–Crippen LogP) is 1.93. The lowest BCUT2D eigenvalue weighted by Crippen LogP contribution is -2.50. The van der Waals surface area contributed by atoms with Crippen molar-refractivity contribution in [2.45, 2.75) is 5.50 Å². The van der Waals surface area contributed by atoms with Crippen LogP contribution in [0.25, 0.3) is 0 Å². The van der Waals surface area contributed by atoms with Gasteiger partial charge >= 0.3 is 0 Å². The van der Waals surface area contributed by atoms with Gasteiger partial charge in [0.1, 0.15) is 5.50 Å². The summed E-state index contributed by atoms with van der Waals surface area (Å²) in [5.74, 6) is 0. The quantitative estimate of drug-likeness (QED) is 0.361. The van der Waals surface area contributed by atoms with Gasteiger partial charge in [0.15, 0.2) is 0 Å². The second kappa shape index (κ2) is 8.62. The number of hydrazone groups is 1. The van der Waals surface area contributed by atoms with Gasteiger partial charge in [-0.2, -0.15) is 15.3 Å². The second-order valence-electron chi connectivity index (χ2n) is 5.94. The zero-order valence-corrected chi connectivity index (χ0v) is 15.7. The van der Waals surface area contributed by atoms with Gasteiger partial charge < -0.3 is 4.90 Å². The summed E-state index contributed by atoms with van der Waals surface area (Å²) < 4.78 is 0.